The summed E-state index contributed by atoms with van der Waals surface area (Å²) in [5.41, 5.74) is 0.373. The van der Waals surface area contributed by atoms with Crippen molar-refractivity contribution in [3.63, 3.8) is 0 Å². The van der Waals surface area contributed by atoms with Gasteiger partial charge in [-0.25, -0.2) is 4.79 Å². The third-order valence-electron chi connectivity index (χ3n) is 2.72. The van der Waals surface area contributed by atoms with Crippen molar-refractivity contribution in [2.24, 2.45) is 0 Å². The molecule has 1 aromatic carbocycles. The molecule has 0 aliphatic carbocycles. The van der Waals surface area contributed by atoms with Crippen LogP contribution in [0.1, 0.15) is 22.2 Å². The first-order valence-corrected chi connectivity index (χ1v) is 7.67. The van der Waals surface area contributed by atoms with E-state index in [1.165, 1.54) is 11.3 Å². The number of hydrogen-bond donors (Lipinski definition) is 1. The standard InChI is InChI=1S/C16H17NO4S/c1-3-20-16(19)13-9-11(2)22-15(13)17-14(18)10-21-12-7-5-4-6-8-12/h4-9H,3,10H2,1-2H3,(H,17,18). The fraction of sp³-hybridized carbons (Fsp3) is 0.250. The summed E-state index contributed by atoms with van der Waals surface area (Å²) in [5.74, 6) is -0.145. The average molecular weight is 319 g/mol. The van der Waals surface area contributed by atoms with Crippen molar-refractivity contribution in [2.45, 2.75) is 13.8 Å². The molecule has 6 heteroatoms. The monoisotopic (exact) mass is 319 g/mol. The second-order valence-corrected chi connectivity index (χ2v) is 5.73. The predicted molar refractivity (Wildman–Crippen MR) is 85.6 cm³/mol. The maximum atomic E-state index is 11.9. The van der Waals surface area contributed by atoms with E-state index < -0.39 is 5.97 Å². The number of nitrogens with one attached hydrogen (secondary N) is 1. The summed E-state index contributed by atoms with van der Waals surface area (Å²) in [5, 5.41) is 3.18. The van der Waals surface area contributed by atoms with E-state index in [0.29, 0.717) is 16.3 Å². The van der Waals surface area contributed by atoms with E-state index in [0.717, 1.165) is 4.88 Å². The summed E-state index contributed by atoms with van der Waals surface area (Å²) in [6, 6.07) is 10.8. The molecule has 0 unspecified atom stereocenters. The zero-order valence-electron chi connectivity index (χ0n) is 12.4. The molecule has 2 aromatic rings. The lowest BCUT2D eigenvalue weighted by molar-refractivity contribution is -0.118. The summed E-state index contributed by atoms with van der Waals surface area (Å²) in [4.78, 5) is 24.7. The minimum Gasteiger partial charge on any atom is -0.484 e. The van der Waals surface area contributed by atoms with Crippen LogP contribution in [0.4, 0.5) is 5.00 Å². The van der Waals surface area contributed by atoms with Crippen molar-refractivity contribution in [1.29, 1.82) is 0 Å². The number of benzene rings is 1. The highest BCUT2D eigenvalue weighted by molar-refractivity contribution is 7.16. The van der Waals surface area contributed by atoms with Crippen LogP contribution in [0.25, 0.3) is 0 Å². The van der Waals surface area contributed by atoms with Gasteiger partial charge in [0.05, 0.1) is 12.2 Å². The molecular formula is C16H17NO4S. The Kier molecular flexibility index (Phi) is 5.55. The van der Waals surface area contributed by atoms with Gasteiger partial charge >= 0.3 is 5.97 Å². The number of aryl methyl sites for hydroxylation is 1. The van der Waals surface area contributed by atoms with Crippen LogP contribution in [0.3, 0.4) is 0 Å². The lowest BCUT2D eigenvalue weighted by Gasteiger charge is -2.07. The van der Waals surface area contributed by atoms with Gasteiger partial charge in [0.25, 0.3) is 5.91 Å². The number of hydrogen-bond acceptors (Lipinski definition) is 5. The Morgan fingerprint density at radius 3 is 2.64 bits per heavy atom. The van der Waals surface area contributed by atoms with Gasteiger partial charge in [-0.15, -0.1) is 11.3 Å². The van der Waals surface area contributed by atoms with Crippen LogP contribution >= 0.6 is 11.3 Å². The van der Waals surface area contributed by atoms with Crippen molar-refractivity contribution in [3.05, 3.63) is 46.8 Å². The van der Waals surface area contributed by atoms with Gasteiger partial charge in [-0.05, 0) is 32.0 Å². The summed E-state index contributed by atoms with van der Waals surface area (Å²) < 4.78 is 10.3. The molecule has 116 valence electrons. The number of rotatable bonds is 6. The summed E-state index contributed by atoms with van der Waals surface area (Å²) >= 11 is 1.33. The number of carbonyl (C=O) groups is 2. The molecule has 1 amide bonds. The van der Waals surface area contributed by atoms with Gasteiger partial charge in [-0.1, -0.05) is 18.2 Å². The Hall–Kier alpha value is -2.34. The first-order valence-electron chi connectivity index (χ1n) is 6.85. The van der Waals surface area contributed by atoms with Crippen LogP contribution in [-0.4, -0.2) is 25.1 Å². The van der Waals surface area contributed by atoms with E-state index in [4.69, 9.17) is 9.47 Å². The molecule has 0 bridgehead atoms. The van der Waals surface area contributed by atoms with Crippen LogP contribution in [0.15, 0.2) is 36.4 Å². The maximum Gasteiger partial charge on any atom is 0.341 e. The number of ether oxygens (including phenoxy) is 2. The molecule has 2 rings (SSSR count). The minimum absolute atomic E-state index is 0.122. The fourth-order valence-corrected chi connectivity index (χ4v) is 2.71. The highest BCUT2D eigenvalue weighted by atomic mass is 32.1. The lowest BCUT2D eigenvalue weighted by Crippen LogP contribution is -2.21. The van der Waals surface area contributed by atoms with Crippen LogP contribution < -0.4 is 10.1 Å². The van der Waals surface area contributed by atoms with Crippen LogP contribution in [-0.2, 0) is 9.53 Å². The number of amides is 1. The van der Waals surface area contributed by atoms with Crippen molar-refractivity contribution in [2.75, 3.05) is 18.5 Å². The van der Waals surface area contributed by atoms with Gasteiger partial charge < -0.3 is 14.8 Å². The molecule has 0 spiro atoms. The summed E-state index contributed by atoms with van der Waals surface area (Å²) in [6.45, 7) is 3.77. The van der Waals surface area contributed by atoms with Gasteiger partial charge in [-0.2, -0.15) is 0 Å². The highest BCUT2D eigenvalue weighted by Gasteiger charge is 2.18. The topological polar surface area (TPSA) is 64.6 Å². The number of esters is 1. The van der Waals surface area contributed by atoms with Crippen molar-refractivity contribution in [3.8, 4) is 5.75 Å². The van der Waals surface area contributed by atoms with Crippen molar-refractivity contribution >= 4 is 28.2 Å². The quantitative estimate of drug-likeness (QED) is 0.830. The SMILES string of the molecule is CCOC(=O)c1cc(C)sc1NC(=O)COc1ccccc1. The molecular weight excluding hydrogens is 302 g/mol. The molecule has 0 aliphatic heterocycles. The van der Waals surface area contributed by atoms with Crippen LogP contribution in [0.2, 0.25) is 0 Å². The molecule has 5 nitrogen and oxygen atoms in total. The molecule has 0 aliphatic rings. The number of carbonyl (C=O) groups excluding carboxylic acids is 2. The van der Waals surface area contributed by atoms with Crippen molar-refractivity contribution < 1.29 is 19.1 Å². The molecule has 1 aromatic heterocycles. The largest absolute Gasteiger partial charge is 0.484 e. The summed E-state index contributed by atoms with van der Waals surface area (Å²) in [7, 11) is 0. The minimum atomic E-state index is -0.439. The second kappa shape index (κ2) is 7.61. The Morgan fingerprint density at radius 2 is 1.95 bits per heavy atom. The highest BCUT2D eigenvalue weighted by Crippen LogP contribution is 2.28. The van der Waals surface area contributed by atoms with Gasteiger partial charge in [0.2, 0.25) is 0 Å². The lowest BCUT2D eigenvalue weighted by atomic mass is 10.3. The third kappa shape index (κ3) is 4.33. The predicted octanol–water partition coefficient (Wildman–Crippen LogP) is 3.25. The Balaban J connectivity index is 1.98. The van der Waals surface area contributed by atoms with E-state index in [2.05, 4.69) is 5.32 Å². The van der Waals surface area contributed by atoms with Gasteiger partial charge in [0.15, 0.2) is 6.61 Å². The third-order valence-corrected chi connectivity index (χ3v) is 3.68. The van der Waals surface area contributed by atoms with Gasteiger partial charge in [0, 0.05) is 4.88 Å². The van der Waals surface area contributed by atoms with Crippen molar-refractivity contribution in [1.82, 2.24) is 0 Å². The number of thiophene rings is 1. The van der Waals surface area contributed by atoms with E-state index in [9.17, 15) is 9.59 Å². The molecule has 0 radical (unpaired) electrons. The Labute approximate surface area is 132 Å². The number of para-hydroxylation sites is 1. The molecule has 0 atom stereocenters. The first-order chi connectivity index (χ1) is 10.6. The molecule has 22 heavy (non-hydrogen) atoms. The Morgan fingerprint density at radius 1 is 1.23 bits per heavy atom. The zero-order chi connectivity index (χ0) is 15.9. The second-order valence-electron chi connectivity index (χ2n) is 4.47. The molecule has 1 heterocycles. The van der Waals surface area contributed by atoms with E-state index in [1.807, 2.05) is 25.1 Å². The summed E-state index contributed by atoms with van der Waals surface area (Å²) in [6.07, 6.45) is 0. The van der Waals surface area contributed by atoms with Gasteiger partial charge in [-0.3, -0.25) is 4.79 Å². The maximum absolute atomic E-state index is 11.9. The van der Waals surface area contributed by atoms with E-state index in [-0.39, 0.29) is 19.1 Å². The molecule has 0 fully saturated rings. The average Bonchev–Trinajstić information content (AvgIpc) is 2.87. The van der Waals surface area contributed by atoms with E-state index in [1.54, 1.807) is 25.1 Å². The van der Waals surface area contributed by atoms with Gasteiger partial charge in [0.1, 0.15) is 10.8 Å². The van der Waals surface area contributed by atoms with Crippen LogP contribution in [0, 0.1) is 6.92 Å². The van der Waals surface area contributed by atoms with Crippen LogP contribution in [0.5, 0.6) is 5.75 Å². The zero-order valence-corrected chi connectivity index (χ0v) is 13.2. The smallest absolute Gasteiger partial charge is 0.341 e. The number of anilines is 1. The van der Waals surface area contributed by atoms with E-state index >= 15 is 0 Å². The molecule has 0 saturated carbocycles. The normalized spacial score (nSPS) is 10.1. The first kappa shape index (κ1) is 16.0. The molecule has 0 saturated heterocycles. The molecule has 1 N–H and O–H groups in total. The Bertz CT molecular complexity index is 651. The fourth-order valence-electron chi connectivity index (χ4n) is 1.80.